The van der Waals surface area contributed by atoms with Gasteiger partial charge in [0.05, 0.1) is 12.2 Å². The molecule has 0 fully saturated rings. The number of hydrogen-bond acceptors (Lipinski definition) is 3. The minimum absolute atomic E-state index is 0.187. The van der Waals surface area contributed by atoms with E-state index in [9.17, 15) is 4.57 Å². The molecule has 1 aliphatic heterocycles. The Labute approximate surface area is 96.6 Å². The maximum atomic E-state index is 11.7. The van der Waals surface area contributed by atoms with Gasteiger partial charge < -0.3 is 4.74 Å². The molecule has 4 heteroatoms. The zero-order chi connectivity index (χ0) is 11.8. The van der Waals surface area contributed by atoms with Crippen LogP contribution >= 0.6 is 8.03 Å². The molecule has 1 atom stereocenters. The fraction of sp³-hybridized carbons (Fsp3) is 0.500. The Morgan fingerprint density at radius 3 is 2.88 bits per heavy atom. The molecule has 3 nitrogen and oxygen atoms in total. The standard InChI is InChI=1S/C12H16O3P/c1-12(2,3)14-7-9-5-4-6-10-8-15-16(13)11(9)10/h4-6H,7-8H2,1-3H3/q+1. The Kier molecular flexibility index (Phi) is 3.11. The second-order valence-corrected chi connectivity index (χ2v) is 6.08. The van der Waals surface area contributed by atoms with E-state index in [2.05, 4.69) is 0 Å². The van der Waals surface area contributed by atoms with E-state index in [0.29, 0.717) is 13.2 Å². The third-order valence-electron chi connectivity index (χ3n) is 2.38. The van der Waals surface area contributed by atoms with Gasteiger partial charge in [0.1, 0.15) is 6.61 Å². The van der Waals surface area contributed by atoms with Crippen LogP contribution < -0.4 is 5.30 Å². The van der Waals surface area contributed by atoms with Crippen LogP contribution in [0.3, 0.4) is 0 Å². The summed E-state index contributed by atoms with van der Waals surface area (Å²) >= 11 is 0. The highest BCUT2D eigenvalue weighted by Crippen LogP contribution is 2.34. The van der Waals surface area contributed by atoms with Crippen LogP contribution in [-0.4, -0.2) is 5.60 Å². The molecule has 0 aromatic heterocycles. The normalized spacial score (nSPS) is 17.6. The second kappa shape index (κ2) is 4.25. The Bertz CT molecular complexity index is 421. The zero-order valence-corrected chi connectivity index (χ0v) is 10.7. The van der Waals surface area contributed by atoms with Crippen molar-refractivity contribution >= 4 is 13.3 Å². The van der Waals surface area contributed by atoms with Gasteiger partial charge in [0.25, 0.3) is 0 Å². The van der Waals surface area contributed by atoms with Crippen molar-refractivity contribution in [1.29, 1.82) is 0 Å². The number of benzene rings is 1. The number of rotatable bonds is 2. The highest BCUT2D eigenvalue weighted by Gasteiger charge is 2.37. The molecule has 0 N–H and O–H groups in total. The van der Waals surface area contributed by atoms with Gasteiger partial charge in [0, 0.05) is 11.1 Å². The Hall–Kier alpha value is -0.760. The average Bonchev–Trinajstić information content (AvgIpc) is 2.57. The van der Waals surface area contributed by atoms with Crippen LogP contribution in [0.15, 0.2) is 18.2 Å². The summed E-state index contributed by atoms with van der Waals surface area (Å²) in [7, 11) is -1.68. The molecule has 1 aromatic carbocycles. The van der Waals surface area contributed by atoms with E-state index < -0.39 is 8.03 Å². The van der Waals surface area contributed by atoms with Gasteiger partial charge in [-0.25, -0.2) is 0 Å². The molecule has 0 spiro atoms. The number of hydrogen-bond donors (Lipinski definition) is 0. The summed E-state index contributed by atoms with van der Waals surface area (Å²) in [6.45, 7) is 6.96. The van der Waals surface area contributed by atoms with Gasteiger partial charge in [-0.3, -0.25) is 0 Å². The summed E-state index contributed by atoms with van der Waals surface area (Å²) in [5.74, 6) is 0. The maximum absolute atomic E-state index is 11.7. The molecule has 16 heavy (non-hydrogen) atoms. The second-order valence-electron chi connectivity index (χ2n) is 4.86. The molecule has 1 aliphatic rings. The maximum Gasteiger partial charge on any atom is 0.549 e. The van der Waals surface area contributed by atoms with Crippen LogP contribution in [0.4, 0.5) is 0 Å². The molecule has 2 rings (SSSR count). The van der Waals surface area contributed by atoms with E-state index in [-0.39, 0.29) is 5.60 Å². The number of ether oxygens (including phenoxy) is 1. The van der Waals surface area contributed by atoms with E-state index in [0.717, 1.165) is 16.4 Å². The molecule has 0 aliphatic carbocycles. The lowest BCUT2D eigenvalue weighted by Crippen LogP contribution is -2.20. The molecular weight excluding hydrogens is 223 g/mol. The van der Waals surface area contributed by atoms with E-state index in [1.807, 2.05) is 39.0 Å². The minimum Gasteiger partial charge on any atom is -0.371 e. The molecule has 1 unspecified atom stereocenters. The van der Waals surface area contributed by atoms with Gasteiger partial charge in [-0.1, -0.05) is 18.2 Å². The van der Waals surface area contributed by atoms with Crippen molar-refractivity contribution in [3.05, 3.63) is 29.3 Å². The van der Waals surface area contributed by atoms with Crippen molar-refractivity contribution < 1.29 is 13.8 Å². The van der Waals surface area contributed by atoms with Crippen molar-refractivity contribution in [2.24, 2.45) is 0 Å². The van der Waals surface area contributed by atoms with E-state index in [1.165, 1.54) is 0 Å². The van der Waals surface area contributed by atoms with Gasteiger partial charge in [-0.15, -0.1) is 4.52 Å². The van der Waals surface area contributed by atoms with E-state index >= 15 is 0 Å². The first-order valence-electron chi connectivity index (χ1n) is 5.32. The third kappa shape index (κ3) is 2.49. The molecule has 0 saturated heterocycles. The van der Waals surface area contributed by atoms with Gasteiger partial charge in [-0.05, 0) is 25.3 Å². The molecule has 0 amide bonds. The van der Waals surface area contributed by atoms with Crippen LogP contribution in [0.25, 0.3) is 0 Å². The molecule has 0 saturated carbocycles. The van der Waals surface area contributed by atoms with E-state index in [1.54, 1.807) is 0 Å². The summed E-state index contributed by atoms with van der Waals surface area (Å²) in [4.78, 5) is 0. The lowest BCUT2D eigenvalue weighted by molar-refractivity contribution is -0.0146. The highest BCUT2D eigenvalue weighted by molar-refractivity contribution is 7.49. The summed E-state index contributed by atoms with van der Waals surface area (Å²) in [5, 5.41) is 0.835. The predicted molar refractivity (Wildman–Crippen MR) is 63.0 cm³/mol. The van der Waals surface area contributed by atoms with Gasteiger partial charge in [0.15, 0.2) is 0 Å². The van der Waals surface area contributed by atoms with Crippen molar-refractivity contribution in [2.75, 3.05) is 0 Å². The quantitative estimate of drug-likeness (QED) is 0.744. The predicted octanol–water partition coefficient (Wildman–Crippen LogP) is 2.90. The van der Waals surface area contributed by atoms with Gasteiger partial charge in [-0.2, -0.15) is 0 Å². The highest BCUT2D eigenvalue weighted by atomic mass is 31.1. The summed E-state index contributed by atoms with van der Waals surface area (Å²) < 4.78 is 22.5. The first-order chi connectivity index (χ1) is 7.47. The molecule has 1 aromatic rings. The van der Waals surface area contributed by atoms with E-state index in [4.69, 9.17) is 9.26 Å². The van der Waals surface area contributed by atoms with Crippen LogP contribution in [0, 0.1) is 0 Å². The monoisotopic (exact) mass is 239 g/mol. The molecule has 0 bridgehead atoms. The molecule has 1 heterocycles. The first kappa shape index (κ1) is 11.7. The average molecular weight is 239 g/mol. The van der Waals surface area contributed by atoms with Gasteiger partial charge in [0.2, 0.25) is 5.30 Å². The fourth-order valence-corrected chi connectivity index (χ4v) is 2.73. The SMILES string of the molecule is CC(C)(C)OCc1cccc2c1[P+](=O)OC2. The largest absolute Gasteiger partial charge is 0.549 e. The Morgan fingerprint density at radius 2 is 2.19 bits per heavy atom. The van der Waals surface area contributed by atoms with Crippen LogP contribution in [0.2, 0.25) is 0 Å². The lowest BCUT2D eigenvalue weighted by Gasteiger charge is -2.19. The smallest absolute Gasteiger partial charge is 0.371 e. The fourth-order valence-electron chi connectivity index (χ4n) is 1.60. The van der Waals surface area contributed by atoms with Crippen LogP contribution in [0.5, 0.6) is 0 Å². The van der Waals surface area contributed by atoms with Gasteiger partial charge >= 0.3 is 8.03 Å². The number of fused-ring (bicyclic) bond motifs is 1. The molecular formula is C12H16O3P+. The zero-order valence-electron chi connectivity index (χ0n) is 9.82. The Morgan fingerprint density at radius 1 is 1.44 bits per heavy atom. The van der Waals surface area contributed by atoms with Crippen molar-refractivity contribution in [3.63, 3.8) is 0 Å². The lowest BCUT2D eigenvalue weighted by atomic mass is 10.1. The molecule has 0 radical (unpaired) electrons. The summed E-state index contributed by atoms with van der Waals surface area (Å²) in [6.07, 6.45) is 0. The minimum atomic E-state index is -1.68. The first-order valence-corrected chi connectivity index (χ1v) is 6.50. The van der Waals surface area contributed by atoms with Crippen molar-refractivity contribution in [2.45, 2.75) is 39.6 Å². The summed E-state index contributed by atoms with van der Waals surface area (Å²) in [6, 6.07) is 5.86. The van der Waals surface area contributed by atoms with Crippen molar-refractivity contribution in [1.82, 2.24) is 0 Å². The summed E-state index contributed by atoms with van der Waals surface area (Å²) in [5.41, 5.74) is 1.82. The van der Waals surface area contributed by atoms with Crippen molar-refractivity contribution in [3.8, 4) is 0 Å². The van der Waals surface area contributed by atoms with Crippen LogP contribution in [-0.2, 0) is 27.0 Å². The molecule has 86 valence electrons. The third-order valence-corrected chi connectivity index (χ3v) is 3.69. The Balaban J connectivity index is 2.23. The van der Waals surface area contributed by atoms with Crippen LogP contribution in [0.1, 0.15) is 31.9 Å². The topological polar surface area (TPSA) is 35.5 Å².